The van der Waals surface area contributed by atoms with Crippen LogP contribution in [0.3, 0.4) is 0 Å². The fourth-order valence-electron chi connectivity index (χ4n) is 6.73. The zero-order chi connectivity index (χ0) is 35.9. The van der Waals surface area contributed by atoms with Crippen LogP contribution in [-0.4, -0.2) is 111 Å². The van der Waals surface area contributed by atoms with E-state index in [0.717, 1.165) is 5.56 Å². The molecule has 14 nitrogen and oxygen atoms in total. The SMILES string of the molecule is O=C(CNC(=O)[C@@H]1CC[C@@H]2CN1C(=O)N2O)c1ccccc1.O=C(CNC(=O)[C@@H]1CC[C@@H]2CN1C(=O)N2OCc1ccccc1)c1ccccc1. The molecule has 4 atom stereocenters. The number of rotatable bonds is 11. The fourth-order valence-corrected chi connectivity index (χ4v) is 6.73. The summed E-state index contributed by atoms with van der Waals surface area (Å²) >= 11 is 0. The first-order valence-electron chi connectivity index (χ1n) is 17.0. The van der Waals surface area contributed by atoms with Crippen LogP contribution < -0.4 is 10.6 Å². The average Bonchev–Trinajstić information content (AvgIpc) is 3.54. The van der Waals surface area contributed by atoms with Gasteiger partial charge < -0.3 is 20.4 Å². The van der Waals surface area contributed by atoms with E-state index < -0.39 is 18.1 Å². The van der Waals surface area contributed by atoms with E-state index in [1.54, 1.807) is 53.4 Å². The molecular formula is C37H40N6O8. The summed E-state index contributed by atoms with van der Waals surface area (Å²) in [4.78, 5) is 82.3. The summed E-state index contributed by atoms with van der Waals surface area (Å²) in [6.07, 6.45) is 2.29. The lowest BCUT2D eigenvalue weighted by atomic mass is 10.00. The molecule has 7 rings (SSSR count). The van der Waals surface area contributed by atoms with Crippen LogP contribution in [0.4, 0.5) is 9.59 Å². The third-order valence-corrected chi connectivity index (χ3v) is 9.52. The Morgan fingerprint density at radius 1 is 0.627 bits per heavy atom. The van der Waals surface area contributed by atoms with Gasteiger partial charge >= 0.3 is 12.1 Å². The lowest BCUT2D eigenvalue weighted by molar-refractivity contribution is -0.140. The monoisotopic (exact) mass is 696 g/mol. The zero-order valence-corrected chi connectivity index (χ0v) is 27.9. The van der Waals surface area contributed by atoms with Crippen molar-refractivity contribution in [3.05, 3.63) is 108 Å². The van der Waals surface area contributed by atoms with Gasteiger partial charge in [0.05, 0.1) is 25.2 Å². The molecule has 4 aliphatic rings. The molecule has 0 saturated carbocycles. The smallest absolute Gasteiger partial charge is 0.345 e. The van der Waals surface area contributed by atoms with Gasteiger partial charge in [-0.3, -0.25) is 29.2 Å². The van der Waals surface area contributed by atoms with Gasteiger partial charge in [-0.05, 0) is 31.2 Å². The maximum absolute atomic E-state index is 12.8. The number of nitrogens with one attached hydrogen (secondary N) is 2. The number of benzene rings is 3. The van der Waals surface area contributed by atoms with Crippen LogP contribution in [0.1, 0.15) is 52.0 Å². The van der Waals surface area contributed by atoms with Crippen LogP contribution in [-0.2, 0) is 21.0 Å². The molecule has 4 saturated heterocycles. The second-order valence-corrected chi connectivity index (χ2v) is 12.8. The fraction of sp³-hybridized carbons (Fsp3) is 0.351. The van der Waals surface area contributed by atoms with Gasteiger partial charge in [0.15, 0.2) is 11.6 Å². The molecule has 4 aliphatic heterocycles. The summed E-state index contributed by atoms with van der Waals surface area (Å²) in [5, 5.41) is 17.0. The van der Waals surface area contributed by atoms with E-state index >= 15 is 0 Å². The summed E-state index contributed by atoms with van der Waals surface area (Å²) < 4.78 is 0. The first-order chi connectivity index (χ1) is 24.7. The van der Waals surface area contributed by atoms with Crippen molar-refractivity contribution in [1.29, 1.82) is 0 Å². The minimum Gasteiger partial charge on any atom is -0.347 e. The predicted octanol–water partition coefficient (Wildman–Crippen LogP) is 3.03. The van der Waals surface area contributed by atoms with Gasteiger partial charge in [0.2, 0.25) is 11.8 Å². The highest BCUT2D eigenvalue weighted by molar-refractivity contribution is 6.01. The maximum Gasteiger partial charge on any atom is 0.345 e. The molecule has 3 N–H and O–H groups in total. The van der Waals surface area contributed by atoms with Crippen LogP contribution in [0.25, 0.3) is 0 Å². The van der Waals surface area contributed by atoms with Gasteiger partial charge in [0.1, 0.15) is 18.7 Å². The first kappa shape index (κ1) is 35.2. The number of urea groups is 2. The van der Waals surface area contributed by atoms with E-state index in [1.165, 1.54) is 9.96 Å². The largest absolute Gasteiger partial charge is 0.347 e. The number of fused-ring (bicyclic) bond motifs is 4. The Morgan fingerprint density at radius 2 is 1.08 bits per heavy atom. The third-order valence-electron chi connectivity index (χ3n) is 9.52. The van der Waals surface area contributed by atoms with Crippen molar-refractivity contribution in [2.24, 2.45) is 0 Å². The number of hydrogen-bond donors (Lipinski definition) is 3. The Balaban J connectivity index is 0.000000183. The van der Waals surface area contributed by atoms with Gasteiger partial charge in [-0.2, -0.15) is 5.06 Å². The molecule has 6 amide bonds. The van der Waals surface area contributed by atoms with Crippen molar-refractivity contribution >= 4 is 35.4 Å². The van der Waals surface area contributed by atoms with Gasteiger partial charge in [-0.25, -0.2) is 14.7 Å². The van der Waals surface area contributed by atoms with E-state index in [-0.39, 0.29) is 54.6 Å². The van der Waals surface area contributed by atoms with E-state index in [1.807, 2.05) is 42.5 Å². The Labute approximate surface area is 294 Å². The van der Waals surface area contributed by atoms with Crippen molar-refractivity contribution < 1.29 is 38.8 Å². The molecule has 51 heavy (non-hydrogen) atoms. The molecule has 0 aromatic heterocycles. The van der Waals surface area contributed by atoms with Crippen molar-refractivity contribution in [2.45, 2.75) is 56.5 Å². The summed E-state index contributed by atoms with van der Waals surface area (Å²) in [6, 6.07) is 24.8. The molecule has 4 heterocycles. The van der Waals surface area contributed by atoms with Gasteiger partial charge in [-0.15, -0.1) is 0 Å². The lowest BCUT2D eigenvalue weighted by Crippen LogP contribution is -2.50. The molecule has 0 radical (unpaired) electrons. The van der Waals surface area contributed by atoms with Crippen LogP contribution in [0, 0.1) is 0 Å². The molecule has 0 unspecified atom stereocenters. The molecule has 0 spiro atoms. The summed E-state index contributed by atoms with van der Waals surface area (Å²) in [5.74, 6) is -0.996. The van der Waals surface area contributed by atoms with Crippen LogP contribution >= 0.6 is 0 Å². The highest BCUT2D eigenvalue weighted by atomic mass is 16.7. The second-order valence-electron chi connectivity index (χ2n) is 12.8. The van der Waals surface area contributed by atoms with Crippen LogP contribution in [0.5, 0.6) is 0 Å². The number of carbonyl (C=O) groups excluding carboxylic acids is 6. The van der Waals surface area contributed by atoms with Gasteiger partial charge in [-0.1, -0.05) is 91.0 Å². The highest BCUT2D eigenvalue weighted by Gasteiger charge is 2.48. The standard InChI is InChI=1S/C22H23N3O4.C15H17N3O4/c26-20(17-9-5-2-6-10-17)13-23-21(27)19-12-11-18-14-24(19)22(28)25(18)29-15-16-7-3-1-4-8-16;19-13(10-4-2-1-3-5-10)8-16-14(20)12-7-6-11-9-17(12)15(21)18(11)22/h1-10,18-19H,11-15H2,(H,23,27);1-5,11-12,22H,6-9H2,(H,16,20)/t18-,19+;11-,12+/m11/s1. The number of ketones is 2. The molecule has 14 heteroatoms. The van der Waals surface area contributed by atoms with E-state index in [2.05, 4.69) is 10.6 Å². The average molecular weight is 697 g/mol. The molecular weight excluding hydrogens is 656 g/mol. The number of hydrogen-bond acceptors (Lipinski definition) is 8. The van der Waals surface area contributed by atoms with Crippen molar-refractivity contribution in [2.75, 3.05) is 26.2 Å². The van der Waals surface area contributed by atoms with Crippen LogP contribution in [0.2, 0.25) is 0 Å². The van der Waals surface area contributed by atoms with E-state index in [9.17, 15) is 34.0 Å². The van der Waals surface area contributed by atoms with Gasteiger partial charge in [0.25, 0.3) is 0 Å². The number of hydroxylamine groups is 4. The second kappa shape index (κ2) is 16.0. The Hall–Kier alpha value is -5.60. The van der Waals surface area contributed by atoms with Crippen molar-refractivity contribution in [3.8, 4) is 0 Å². The number of amides is 6. The van der Waals surface area contributed by atoms with Crippen molar-refractivity contribution in [3.63, 3.8) is 0 Å². The minimum absolute atomic E-state index is 0.0544. The molecule has 4 fully saturated rings. The van der Waals surface area contributed by atoms with Gasteiger partial charge in [0, 0.05) is 24.2 Å². The summed E-state index contributed by atoms with van der Waals surface area (Å²) in [5.41, 5.74) is 2.06. The Bertz CT molecular complexity index is 1740. The molecule has 3 aromatic rings. The van der Waals surface area contributed by atoms with Crippen molar-refractivity contribution in [1.82, 2.24) is 30.6 Å². The quantitative estimate of drug-likeness (QED) is 0.203. The molecule has 0 aliphatic carbocycles. The molecule has 4 bridgehead atoms. The lowest BCUT2D eigenvalue weighted by Gasteiger charge is -2.29. The van der Waals surface area contributed by atoms with E-state index in [4.69, 9.17) is 4.84 Å². The highest BCUT2D eigenvalue weighted by Crippen LogP contribution is 2.31. The van der Waals surface area contributed by atoms with E-state index in [0.29, 0.717) is 61.6 Å². The summed E-state index contributed by atoms with van der Waals surface area (Å²) in [6.45, 7) is 0.921. The Morgan fingerprint density at radius 3 is 1.61 bits per heavy atom. The number of piperidine rings is 2. The number of nitrogens with zero attached hydrogens (tertiary/aromatic N) is 4. The number of carbonyl (C=O) groups is 6. The predicted molar refractivity (Wildman–Crippen MR) is 182 cm³/mol. The normalized spacial score (nSPS) is 21.9. The summed E-state index contributed by atoms with van der Waals surface area (Å²) in [7, 11) is 0. The third kappa shape index (κ3) is 8.08. The first-order valence-corrected chi connectivity index (χ1v) is 17.0. The zero-order valence-electron chi connectivity index (χ0n) is 27.9. The molecule has 266 valence electrons. The van der Waals surface area contributed by atoms with Crippen LogP contribution in [0.15, 0.2) is 91.0 Å². The number of Topliss-reactive ketones (excluding diaryl/α,β-unsaturated/α-hetero) is 2. The minimum atomic E-state index is -0.621. The maximum atomic E-state index is 12.8. The molecule has 3 aromatic carbocycles. The Kier molecular flexibility index (Phi) is 11.0. The topological polar surface area (TPSA) is 169 Å².